The maximum absolute atomic E-state index is 4.44. The van der Waals surface area contributed by atoms with E-state index >= 15 is 0 Å². The number of imidazole rings is 1. The molecule has 3 nitrogen and oxygen atoms in total. The number of nitrogens with one attached hydrogen (secondary N) is 1. The normalized spacial score (nSPS) is 18.4. The third-order valence-electron chi connectivity index (χ3n) is 3.01. The molecule has 0 radical (unpaired) electrons. The van der Waals surface area contributed by atoms with Crippen LogP contribution in [-0.4, -0.2) is 16.6 Å². The first-order chi connectivity index (χ1) is 6.85. The first-order valence-electron chi connectivity index (χ1n) is 5.53. The van der Waals surface area contributed by atoms with Crippen LogP contribution in [0.5, 0.6) is 0 Å². The van der Waals surface area contributed by atoms with E-state index in [2.05, 4.69) is 28.0 Å². The average Bonchev–Trinajstić information content (AvgIpc) is 2.90. The van der Waals surface area contributed by atoms with E-state index in [1.54, 1.807) is 0 Å². The van der Waals surface area contributed by atoms with Gasteiger partial charge in [-0.05, 0) is 26.3 Å². The second-order valence-electron chi connectivity index (χ2n) is 4.09. The summed E-state index contributed by atoms with van der Waals surface area (Å²) in [7, 11) is 2.03. The van der Waals surface area contributed by atoms with E-state index in [0.717, 1.165) is 12.5 Å². The predicted octanol–water partition coefficient (Wildman–Crippen LogP) is 1.96. The molecule has 0 amide bonds. The Morgan fingerprint density at radius 1 is 1.64 bits per heavy atom. The predicted molar refractivity (Wildman–Crippen MR) is 57.0 cm³/mol. The fraction of sp³-hybridized carbons (Fsp3) is 0.727. The van der Waals surface area contributed by atoms with Gasteiger partial charge in [-0.3, -0.25) is 0 Å². The van der Waals surface area contributed by atoms with Gasteiger partial charge >= 0.3 is 0 Å². The highest BCUT2D eigenvalue weighted by Gasteiger charge is 2.27. The lowest BCUT2D eigenvalue weighted by Crippen LogP contribution is -2.21. The molecule has 3 heteroatoms. The van der Waals surface area contributed by atoms with E-state index in [4.69, 9.17) is 0 Å². The minimum atomic E-state index is 0.442. The van der Waals surface area contributed by atoms with Gasteiger partial charge < -0.3 is 9.88 Å². The second-order valence-corrected chi connectivity index (χ2v) is 4.09. The van der Waals surface area contributed by atoms with Crippen LogP contribution in [0.3, 0.4) is 0 Å². The molecule has 0 saturated heterocycles. The monoisotopic (exact) mass is 193 g/mol. The van der Waals surface area contributed by atoms with E-state index in [9.17, 15) is 0 Å². The Balaban J connectivity index is 2.08. The van der Waals surface area contributed by atoms with Gasteiger partial charge in [-0.1, -0.05) is 12.8 Å². The first-order valence-corrected chi connectivity index (χ1v) is 5.53. The zero-order valence-electron chi connectivity index (χ0n) is 9.03. The summed E-state index contributed by atoms with van der Waals surface area (Å²) in [4.78, 5) is 4.44. The molecule has 0 spiro atoms. The highest BCUT2D eigenvalue weighted by atomic mass is 15.1. The number of hydrogen-bond donors (Lipinski definition) is 1. The van der Waals surface area contributed by atoms with E-state index in [1.807, 2.05) is 13.2 Å². The van der Waals surface area contributed by atoms with E-state index in [-0.39, 0.29) is 0 Å². The standard InChI is InChI=1S/C11H19N3/c1-3-14-7-6-13-11(14)10(12-2)8-9-4-5-9/h6-7,9-10,12H,3-5,8H2,1-2H3. The molecule has 1 N–H and O–H groups in total. The molecule has 1 aliphatic rings. The Bertz CT molecular complexity index is 288. The average molecular weight is 193 g/mol. The molecule has 14 heavy (non-hydrogen) atoms. The van der Waals surface area contributed by atoms with Crippen LogP contribution < -0.4 is 5.32 Å². The summed E-state index contributed by atoms with van der Waals surface area (Å²) in [5.74, 6) is 2.14. The largest absolute Gasteiger partial charge is 0.334 e. The van der Waals surface area contributed by atoms with Gasteiger partial charge in [0.2, 0.25) is 0 Å². The minimum absolute atomic E-state index is 0.442. The lowest BCUT2D eigenvalue weighted by molar-refractivity contribution is 0.469. The van der Waals surface area contributed by atoms with Gasteiger partial charge in [0.25, 0.3) is 0 Å². The smallest absolute Gasteiger partial charge is 0.125 e. The van der Waals surface area contributed by atoms with E-state index in [1.165, 1.54) is 25.1 Å². The Kier molecular flexibility index (Phi) is 2.87. The van der Waals surface area contributed by atoms with Crippen molar-refractivity contribution in [1.29, 1.82) is 0 Å². The number of aryl methyl sites for hydroxylation is 1. The maximum atomic E-state index is 4.44. The van der Waals surface area contributed by atoms with Gasteiger partial charge in [-0.15, -0.1) is 0 Å². The van der Waals surface area contributed by atoms with Gasteiger partial charge in [0.05, 0.1) is 6.04 Å². The number of aromatic nitrogens is 2. The molecular weight excluding hydrogens is 174 g/mol. The summed E-state index contributed by atoms with van der Waals surface area (Å²) in [6, 6.07) is 0.442. The van der Waals surface area contributed by atoms with Crippen molar-refractivity contribution in [2.45, 2.75) is 38.8 Å². The highest BCUT2D eigenvalue weighted by Crippen LogP contribution is 2.37. The second kappa shape index (κ2) is 4.13. The molecule has 0 aliphatic heterocycles. The molecule has 1 aromatic rings. The number of hydrogen-bond acceptors (Lipinski definition) is 2. The summed E-state index contributed by atoms with van der Waals surface area (Å²) in [6.45, 7) is 3.17. The van der Waals surface area contributed by atoms with E-state index in [0.29, 0.717) is 6.04 Å². The number of nitrogens with zero attached hydrogens (tertiary/aromatic N) is 2. The molecule has 2 rings (SSSR count). The van der Waals surface area contributed by atoms with Gasteiger partial charge in [0, 0.05) is 18.9 Å². The van der Waals surface area contributed by atoms with Crippen molar-refractivity contribution in [2.24, 2.45) is 5.92 Å². The van der Waals surface area contributed by atoms with Crippen LogP contribution in [0.15, 0.2) is 12.4 Å². The van der Waals surface area contributed by atoms with Gasteiger partial charge in [0.1, 0.15) is 5.82 Å². The molecule has 1 saturated carbocycles. The Morgan fingerprint density at radius 3 is 3.00 bits per heavy atom. The zero-order valence-corrected chi connectivity index (χ0v) is 9.03. The maximum Gasteiger partial charge on any atom is 0.125 e. The molecule has 1 unspecified atom stereocenters. The fourth-order valence-electron chi connectivity index (χ4n) is 1.94. The Hall–Kier alpha value is -0.830. The van der Waals surface area contributed by atoms with Gasteiger partial charge in [0.15, 0.2) is 0 Å². The highest BCUT2D eigenvalue weighted by molar-refractivity contribution is 5.00. The molecule has 1 atom stereocenters. The summed E-state index contributed by atoms with van der Waals surface area (Å²) >= 11 is 0. The summed E-state index contributed by atoms with van der Waals surface area (Å²) in [5.41, 5.74) is 0. The molecule has 1 aliphatic carbocycles. The first kappa shape index (κ1) is 9.71. The summed E-state index contributed by atoms with van der Waals surface area (Å²) in [6.07, 6.45) is 8.02. The summed E-state index contributed by atoms with van der Waals surface area (Å²) in [5, 5.41) is 3.37. The minimum Gasteiger partial charge on any atom is -0.334 e. The van der Waals surface area contributed by atoms with Crippen LogP contribution >= 0.6 is 0 Å². The molecule has 78 valence electrons. The van der Waals surface area contributed by atoms with Crippen molar-refractivity contribution in [3.8, 4) is 0 Å². The van der Waals surface area contributed by atoms with Crippen LogP contribution in [0, 0.1) is 5.92 Å². The van der Waals surface area contributed by atoms with Crippen molar-refractivity contribution < 1.29 is 0 Å². The number of rotatable bonds is 5. The molecule has 1 aromatic heterocycles. The lowest BCUT2D eigenvalue weighted by Gasteiger charge is -2.16. The van der Waals surface area contributed by atoms with Crippen LogP contribution in [0.25, 0.3) is 0 Å². The van der Waals surface area contributed by atoms with Crippen molar-refractivity contribution in [1.82, 2.24) is 14.9 Å². The molecular formula is C11H19N3. The summed E-state index contributed by atoms with van der Waals surface area (Å²) < 4.78 is 2.23. The third-order valence-corrected chi connectivity index (χ3v) is 3.01. The third kappa shape index (κ3) is 1.98. The van der Waals surface area contributed by atoms with Gasteiger partial charge in [-0.25, -0.2) is 4.98 Å². The van der Waals surface area contributed by atoms with Crippen molar-refractivity contribution in [3.05, 3.63) is 18.2 Å². The van der Waals surface area contributed by atoms with Crippen LogP contribution in [0.2, 0.25) is 0 Å². The van der Waals surface area contributed by atoms with Crippen LogP contribution in [0.4, 0.5) is 0 Å². The van der Waals surface area contributed by atoms with Crippen molar-refractivity contribution in [2.75, 3.05) is 7.05 Å². The fourth-order valence-corrected chi connectivity index (χ4v) is 1.94. The van der Waals surface area contributed by atoms with Crippen LogP contribution in [-0.2, 0) is 6.54 Å². The molecule has 0 bridgehead atoms. The molecule has 0 aromatic carbocycles. The Morgan fingerprint density at radius 2 is 2.43 bits per heavy atom. The molecule has 1 heterocycles. The lowest BCUT2D eigenvalue weighted by atomic mass is 10.1. The zero-order chi connectivity index (χ0) is 9.97. The van der Waals surface area contributed by atoms with Crippen molar-refractivity contribution >= 4 is 0 Å². The van der Waals surface area contributed by atoms with E-state index < -0.39 is 0 Å². The molecule has 1 fully saturated rings. The quantitative estimate of drug-likeness (QED) is 0.774. The SMILES string of the molecule is CCn1ccnc1C(CC1CC1)NC. The topological polar surface area (TPSA) is 29.9 Å². The van der Waals surface area contributed by atoms with Crippen LogP contribution in [0.1, 0.15) is 38.1 Å². The van der Waals surface area contributed by atoms with Crippen molar-refractivity contribution in [3.63, 3.8) is 0 Å². The Labute approximate surface area is 85.5 Å². The van der Waals surface area contributed by atoms with Gasteiger partial charge in [-0.2, -0.15) is 0 Å².